The van der Waals surface area contributed by atoms with E-state index in [0.717, 1.165) is 0 Å². The summed E-state index contributed by atoms with van der Waals surface area (Å²) in [7, 11) is 12.0. The van der Waals surface area contributed by atoms with Gasteiger partial charge in [0.25, 0.3) is 0 Å². The number of unbranched alkanes of at least 4 members (excludes halogenated alkanes) is 1. The molecule has 0 saturated carbocycles. The summed E-state index contributed by atoms with van der Waals surface area (Å²) in [5.41, 5.74) is 8.00. The molecule has 0 aliphatic carbocycles. The molecule has 0 aliphatic heterocycles. The quantitative estimate of drug-likeness (QED) is 0.169. The monoisotopic (exact) mass is 639 g/mol. The second-order valence-corrected chi connectivity index (χ2v) is 14.0. The summed E-state index contributed by atoms with van der Waals surface area (Å²) >= 11 is -0.826. The summed E-state index contributed by atoms with van der Waals surface area (Å²) in [6.07, 6.45) is 3.80. The molecular formula is C36H33Cl2NZr. The SMILES string of the molecule is CCCCc1c[cH-]c2ccccc12.Cc1cc2c(-c3ccc4c(c3)c3ccccc3n4C)cccc2[cH-]1.[Cl][Zr+2][Cl]. The van der Waals surface area contributed by atoms with Crippen molar-refractivity contribution in [3.63, 3.8) is 0 Å². The first-order chi connectivity index (χ1) is 19.5. The average molecular weight is 642 g/mol. The van der Waals surface area contributed by atoms with E-state index in [-0.39, 0.29) is 0 Å². The Kier molecular flexibility index (Phi) is 9.64. The minimum atomic E-state index is -0.826. The standard InChI is InChI=1S/C23H18N.C13H15.2ClH.Zr/c1-15-12-16-6-5-8-18(20(16)13-15)17-10-11-23-21(14-17)19-7-3-4-9-22(19)24(23)2;1-2-3-6-11-9-10-12-7-4-5-8-13(11)12;;;/h3-14H,1-2H3;4-5,7-10H,2-3,6H2,1H3;2*1H;/q2*-1;;;+4/p-2. The number of aromatic nitrogens is 1. The van der Waals surface area contributed by atoms with Gasteiger partial charge >= 0.3 is 37.9 Å². The molecule has 0 radical (unpaired) electrons. The van der Waals surface area contributed by atoms with Crippen molar-refractivity contribution in [3.05, 3.63) is 120 Å². The maximum absolute atomic E-state index is 4.93. The van der Waals surface area contributed by atoms with Gasteiger partial charge in [0.2, 0.25) is 0 Å². The van der Waals surface area contributed by atoms with Crippen LogP contribution >= 0.6 is 17.0 Å². The number of fused-ring (bicyclic) bond motifs is 5. The summed E-state index contributed by atoms with van der Waals surface area (Å²) in [6.45, 7) is 4.41. The van der Waals surface area contributed by atoms with Crippen LogP contribution in [-0.4, -0.2) is 4.57 Å². The van der Waals surface area contributed by atoms with E-state index in [0.29, 0.717) is 0 Å². The van der Waals surface area contributed by atoms with Crippen molar-refractivity contribution in [2.24, 2.45) is 7.05 Å². The van der Waals surface area contributed by atoms with Gasteiger partial charge in [-0.2, -0.15) is 11.6 Å². The van der Waals surface area contributed by atoms with Gasteiger partial charge in [0.05, 0.1) is 0 Å². The van der Waals surface area contributed by atoms with E-state index >= 15 is 0 Å². The number of nitrogens with zero attached hydrogens (tertiary/aromatic N) is 1. The van der Waals surface area contributed by atoms with Gasteiger partial charge in [-0.3, -0.25) is 0 Å². The predicted octanol–water partition coefficient (Wildman–Crippen LogP) is 11.5. The Morgan fingerprint density at radius 1 is 0.750 bits per heavy atom. The first kappa shape index (κ1) is 28.9. The molecule has 0 N–H and O–H groups in total. The summed E-state index contributed by atoms with van der Waals surface area (Å²) < 4.78 is 2.28. The van der Waals surface area contributed by atoms with Crippen molar-refractivity contribution >= 4 is 60.4 Å². The fourth-order valence-corrected chi connectivity index (χ4v) is 5.77. The van der Waals surface area contributed by atoms with Crippen molar-refractivity contribution in [1.29, 1.82) is 0 Å². The fourth-order valence-electron chi connectivity index (χ4n) is 5.77. The maximum atomic E-state index is 4.93. The zero-order valence-electron chi connectivity index (χ0n) is 23.2. The minimum absolute atomic E-state index is 0.826. The summed E-state index contributed by atoms with van der Waals surface area (Å²) in [5.74, 6) is 0. The van der Waals surface area contributed by atoms with Gasteiger partial charge in [-0.1, -0.05) is 75.1 Å². The van der Waals surface area contributed by atoms with E-state index in [4.69, 9.17) is 17.0 Å². The number of hydrogen-bond donors (Lipinski definition) is 0. The van der Waals surface area contributed by atoms with E-state index < -0.39 is 20.8 Å². The predicted molar refractivity (Wildman–Crippen MR) is 174 cm³/mol. The van der Waals surface area contributed by atoms with Crippen molar-refractivity contribution < 1.29 is 20.8 Å². The Morgan fingerprint density at radius 3 is 2.25 bits per heavy atom. The molecule has 4 heteroatoms. The van der Waals surface area contributed by atoms with Crippen LogP contribution in [0.1, 0.15) is 30.9 Å². The van der Waals surface area contributed by atoms with Crippen molar-refractivity contribution in [2.45, 2.75) is 33.1 Å². The topological polar surface area (TPSA) is 4.93 Å². The molecule has 0 bridgehead atoms. The molecule has 0 fully saturated rings. The molecule has 0 spiro atoms. The molecule has 0 unspecified atom stereocenters. The number of benzene rings is 4. The van der Waals surface area contributed by atoms with Gasteiger partial charge in [0, 0.05) is 28.9 Å². The second kappa shape index (κ2) is 13.4. The third kappa shape index (κ3) is 6.01. The number of hydrogen-bond acceptors (Lipinski definition) is 0. The van der Waals surface area contributed by atoms with Crippen molar-refractivity contribution in [1.82, 2.24) is 4.57 Å². The molecule has 200 valence electrons. The Morgan fingerprint density at radius 2 is 1.45 bits per heavy atom. The van der Waals surface area contributed by atoms with Crippen LogP contribution in [0.15, 0.2) is 109 Å². The normalized spacial score (nSPS) is 10.8. The van der Waals surface area contributed by atoms with Crippen LogP contribution in [0.25, 0.3) is 54.5 Å². The first-order valence-electron chi connectivity index (χ1n) is 13.8. The fraction of sp³-hybridized carbons (Fsp3) is 0.167. The summed E-state index contributed by atoms with van der Waals surface area (Å²) in [6, 6.07) is 39.7. The van der Waals surface area contributed by atoms with Gasteiger partial charge < -0.3 is 4.57 Å². The van der Waals surface area contributed by atoms with Gasteiger partial charge in [0.1, 0.15) is 0 Å². The molecule has 1 aromatic heterocycles. The Labute approximate surface area is 255 Å². The van der Waals surface area contributed by atoms with Crippen LogP contribution in [0.4, 0.5) is 0 Å². The summed E-state index contributed by atoms with van der Waals surface area (Å²) in [4.78, 5) is 0. The van der Waals surface area contributed by atoms with Crippen LogP contribution in [0.3, 0.4) is 0 Å². The molecule has 7 rings (SSSR count). The van der Waals surface area contributed by atoms with Crippen molar-refractivity contribution in [2.75, 3.05) is 0 Å². The molecule has 0 saturated heterocycles. The van der Waals surface area contributed by atoms with Crippen LogP contribution in [0.2, 0.25) is 0 Å². The molecule has 0 amide bonds. The van der Waals surface area contributed by atoms with E-state index in [1.54, 1.807) is 0 Å². The molecular weight excluding hydrogens is 609 g/mol. The number of halogens is 2. The van der Waals surface area contributed by atoms with Gasteiger partial charge in [-0.25, -0.2) is 0 Å². The van der Waals surface area contributed by atoms with E-state index in [1.807, 2.05) is 0 Å². The second-order valence-electron chi connectivity index (χ2n) is 10.3. The van der Waals surface area contributed by atoms with E-state index in [2.05, 4.69) is 135 Å². The van der Waals surface area contributed by atoms with Gasteiger partial charge in [-0.15, -0.1) is 75.6 Å². The Hall–Kier alpha value is -2.64. The molecule has 0 atom stereocenters. The van der Waals surface area contributed by atoms with Crippen LogP contribution in [0, 0.1) is 6.92 Å². The molecule has 1 nitrogen and oxygen atoms in total. The van der Waals surface area contributed by atoms with Gasteiger partial charge in [-0.05, 0) is 23.8 Å². The molecule has 6 aromatic carbocycles. The van der Waals surface area contributed by atoms with E-state index in [1.165, 1.54) is 84.9 Å². The average Bonchev–Trinajstić information content (AvgIpc) is 3.66. The Bertz CT molecular complexity index is 1870. The van der Waals surface area contributed by atoms with Crippen LogP contribution in [-0.2, 0) is 34.3 Å². The third-order valence-electron chi connectivity index (χ3n) is 7.69. The zero-order chi connectivity index (χ0) is 28.1. The molecule has 1 heterocycles. The van der Waals surface area contributed by atoms with E-state index in [9.17, 15) is 0 Å². The number of para-hydroxylation sites is 1. The molecule has 7 aromatic rings. The van der Waals surface area contributed by atoms with Crippen molar-refractivity contribution in [3.8, 4) is 11.1 Å². The molecule has 40 heavy (non-hydrogen) atoms. The zero-order valence-corrected chi connectivity index (χ0v) is 27.2. The molecule has 0 aliphatic rings. The number of rotatable bonds is 4. The third-order valence-corrected chi connectivity index (χ3v) is 7.69. The Balaban J connectivity index is 0.000000170. The number of aryl methyl sites for hydroxylation is 3. The summed E-state index contributed by atoms with van der Waals surface area (Å²) in [5, 5.41) is 8.13. The van der Waals surface area contributed by atoms with Crippen LogP contribution < -0.4 is 0 Å². The first-order valence-corrected chi connectivity index (χ1v) is 20.1. The van der Waals surface area contributed by atoms with Gasteiger partial charge in [0.15, 0.2) is 0 Å². The van der Waals surface area contributed by atoms with Crippen LogP contribution in [0.5, 0.6) is 0 Å².